The van der Waals surface area contributed by atoms with Gasteiger partial charge in [0.1, 0.15) is 0 Å². The molecule has 3 nitrogen and oxygen atoms in total. The fraction of sp³-hybridized carbons (Fsp3) is 0.118. The van der Waals surface area contributed by atoms with Crippen molar-refractivity contribution in [2.45, 2.75) is 6.42 Å². The Morgan fingerprint density at radius 2 is 1.86 bits per heavy atom. The Labute approximate surface area is 128 Å². The molecular weight excluding hydrogens is 282 g/mol. The third-order valence-electron chi connectivity index (χ3n) is 3.37. The summed E-state index contributed by atoms with van der Waals surface area (Å²) in [5, 5.41) is 5.16. The van der Waals surface area contributed by atoms with Crippen molar-refractivity contribution >= 4 is 33.9 Å². The fourth-order valence-corrected chi connectivity index (χ4v) is 2.47. The first kappa shape index (κ1) is 13.9. The second-order valence-corrected chi connectivity index (χ2v) is 5.32. The van der Waals surface area contributed by atoms with Crippen molar-refractivity contribution in [3.05, 3.63) is 65.3 Å². The average molecular weight is 298 g/mol. The summed E-state index contributed by atoms with van der Waals surface area (Å²) in [5.41, 5.74) is 9.75. The highest BCUT2D eigenvalue weighted by Crippen LogP contribution is 2.27. The normalized spacial score (nSPS) is 10.8. The molecule has 0 spiro atoms. The van der Waals surface area contributed by atoms with Gasteiger partial charge in [0.15, 0.2) is 0 Å². The van der Waals surface area contributed by atoms with E-state index in [-0.39, 0.29) is 0 Å². The number of rotatable bonds is 4. The van der Waals surface area contributed by atoms with Crippen LogP contribution in [0.4, 0.5) is 11.4 Å². The van der Waals surface area contributed by atoms with Crippen LogP contribution in [-0.4, -0.2) is 11.5 Å². The number of nitrogens with one attached hydrogen (secondary N) is 1. The summed E-state index contributed by atoms with van der Waals surface area (Å²) in [7, 11) is 0. The highest BCUT2D eigenvalue weighted by molar-refractivity contribution is 6.31. The Morgan fingerprint density at radius 3 is 2.62 bits per heavy atom. The SMILES string of the molecule is NCCc1ccc(Nc2ccnc3cc(Cl)ccc23)cc1. The number of fused-ring (bicyclic) bond motifs is 1. The molecule has 0 saturated heterocycles. The van der Waals surface area contributed by atoms with Gasteiger partial charge in [-0.05, 0) is 54.9 Å². The minimum Gasteiger partial charge on any atom is -0.355 e. The van der Waals surface area contributed by atoms with Crippen LogP contribution in [-0.2, 0) is 6.42 Å². The van der Waals surface area contributed by atoms with Crippen LogP contribution in [0.3, 0.4) is 0 Å². The molecule has 0 bridgehead atoms. The zero-order chi connectivity index (χ0) is 14.7. The summed E-state index contributed by atoms with van der Waals surface area (Å²) in [6.07, 6.45) is 2.68. The third kappa shape index (κ3) is 3.15. The van der Waals surface area contributed by atoms with Crippen LogP contribution in [0.1, 0.15) is 5.56 Å². The van der Waals surface area contributed by atoms with Gasteiger partial charge in [-0.15, -0.1) is 0 Å². The van der Waals surface area contributed by atoms with Gasteiger partial charge in [0, 0.05) is 28.0 Å². The lowest BCUT2D eigenvalue weighted by Crippen LogP contribution is -2.02. The average Bonchev–Trinajstić information content (AvgIpc) is 2.49. The first-order chi connectivity index (χ1) is 10.3. The lowest BCUT2D eigenvalue weighted by molar-refractivity contribution is 0.969. The molecule has 0 saturated carbocycles. The number of nitrogens with two attached hydrogens (primary N) is 1. The molecule has 1 heterocycles. The third-order valence-corrected chi connectivity index (χ3v) is 3.61. The predicted octanol–water partition coefficient (Wildman–Crippen LogP) is 4.13. The molecule has 3 aromatic rings. The number of pyridine rings is 1. The first-order valence-electron chi connectivity index (χ1n) is 6.86. The molecule has 1 aromatic heterocycles. The van der Waals surface area contributed by atoms with Crippen LogP contribution in [0.25, 0.3) is 10.9 Å². The molecule has 0 unspecified atom stereocenters. The van der Waals surface area contributed by atoms with Crippen LogP contribution in [0.2, 0.25) is 5.02 Å². The van der Waals surface area contributed by atoms with Crippen molar-refractivity contribution in [1.82, 2.24) is 4.98 Å². The largest absolute Gasteiger partial charge is 0.355 e. The highest BCUT2D eigenvalue weighted by Gasteiger charge is 2.03. The summed E-state index contributed by atoms with van der Waals surface area (Å²) >= 11 is 6.01. The number of benzene rings is 2. The Morgan fingerprint density at radius 1 is 1.05 bits per heavy atom. The van der Waals surface area contributed by atoms with Gasteiger partial charge in [-0.2, -0.15) is 0 Å². The van der Waals surface area contributed by atoms with E-state index >= 15 is 0 Å². The van der Waals surface area contributed by atoms with E-state index in [0.717, 1.165) is 28.7 Å². The van der Waals surface area contributed by atoms with E-state index in [1.807, 2.05) is 24.3 Å². The first-order valence-corrected chi connectivity index (χ1v) is 7.24. The van der Waals surface area contributed by atoms with Crippen molar-refractivity contribution in [2.24, 2.45) is 5.73 Å². The number of aromatic nitrogens is 1. The molecule has 106 valence electrons. The quantitative estimate of drug-likeness (QED) is 0.761. The number of hydrogen-bond donors (Lipinski definition) is 2. The molecule has 0 atom stereocenters. The summed E-state index contributed by atoms with van der Waals surface area (Å²) in [4.78, 5) is 4.34. The lowest BCUT2D eigenvalue weighted by Gasteiger charge is -2.10. The zero-order valence-electron chi connectivity index (χ0n) is 11.5. The van der Waals surface area contributed by atoms with Crippen molar-refractivity contribution in [1.29, 1.82) is 0 Å². The molecule has 21 heavy (non-hydrogen) atoms. The van der Waals surface area contributed by atoms with Crippen LogP contribution < -0.4 is 11.1 Å². The Bertz CT molecular complexity index is 754. The molecule has 3 rings (SSSR count). The topological polar surface area (TPSA) is 50.9 Å². The van der Waals surface area contributed by atoms with Gasteiger partial charge >= 0.3 is 0 Å². The minimum absolute atomic E-state index is 0.669. The second-order valence-electron chi connectivity index (χ2n) is 4.88. The van der Waals surface area contributed by atoms with E-state index in [2.05, 4.69) is 34.6 Å². The van der Waals surface area contributed by atoms with Gasteiger partial charge in [-0.25, -0.2) is 0 Å². The number of anilines is 2. The van der Waals surface area contributed by atoms with Crippen LogP contribution in [0.5, 0.6) is 0 Å². The Balaban J connectivity index is 1.90. The molecule has 0 fully saturated rings. The van der Waals surface area contributed by atoms with Gasteiger partial charge < -0.3 is 11.1 Å². The summed E-state index contributed by atoms with van der Waals surface area (Å²) in [6.45, 7) is 0.669. The smallest absolute Gasteiger partial charge is 0.0737 e. The number of nitrogens with zero attached hydrogens (tertiary/aromatic N) is 1. The van der Waals surface area contributed by atoms with Crippen LogP contribution in [0.15, 0.2) is 54.7 Å². The number of halogens is 1. The van der Waals surface area contributed by atoms with Gasteiger partial charge in [0.25, 0.3) is 0 Å². The molecule has 3 N–H and O–H groups in total. The van der Waals surface area contributed by atoms with Crippen LogP contribution >= 0.6 is 11.6 Å². The molecule has 0 aliphatic heterocycles. The van der Waals surface area contributed by atoms with E-state index in [9.17, 15) is 0 Å². The Hall–Kier alpha value is -2.10. The summed E-state index contributed by atoms with van der Waals surface area (Å²) in [6, 6.07) is 16.0. The summed E-state index contributed by atoms with van der Waals surface area (Å²) in [5.74, 6) is 0. The van der Waals surface area contributed by atoms with Gasteiger partial charge in [0.05, 0.1) is 5.52 Å². The van der Waals surface area contributed by atoms with Crippen molar-refractivity contribution in [2.75, 3.05) is 11.9 Å². The predicted molar refractivity (Wildman–Crippen MR) is 89.2 cm³/mol. The standard InChI is InChI=1S/C17H16ClN3/c18-13-3-6-15-16(8-10-20-17(15)11-13)21-14-4-1-12(2-5-14)7-9-19/h1-6,8,10-11H,7,9,19H2,(H,20,21). The molecule has 0 aliphatic carbocycles. The molecule has 0 aliphatic rings. The van der Waals surface area contributed by atoms with Gasteiger partial charge in [0.2, 0.25) is 0 Å². The van der Waals surface area contributed by atoms with Gasteiger partial charge in [-0.1, -0.05) is 23.7 Å². The zero-order valence-corrected chi connectivity index (χ0v) is 12.3. The van der Waals surface area contributed by atoms with Crippen molar-refractivity contribution in [3.63, 3.8) is 0 Å². The highest BCUT2D eigenvalue weighted by atomic mass is 35.5. The molecule has 0 amide bonds. The molecule has 0 radical (unpaired) electrons. The van der Waals surface area contributed by atoms with Crippen molar-refractivity contribution in [3.8, 4) is 0 Å². The summed E-state index contributed by atoms with van der Waals surface area (Å²) < 4.78 is 0. The molecule has 4 heteroatoms. The number of hydrogen-bond acceptors (Lipinski definition) is 3. The van der Waals surface area contributed by atoms with Crippen LogP contribution in [0, 0.1) is 0 Å². The van der Waals surface area contributed by atoms with E-state index in [1.165, 1.54) is 5.56 Å². The minimum atomic E-state index is 0.669. The molecular formula is C17H16ClN3. The second kappa shape index (κ2) is 6.12. The lowest BCUT2D eigenvalue weighted by atomic mass is 10.1. The van der Waals surface area contributed by atoms with E-state index in [1.54, 1.807) is 6.20 Å². The van der Waals surface area contributed by atoms with E-state index in [0.29, 0.717) is 11.6 Å². The monoisotopic (exact) mass is 297 g/mol. The maximum Gasteiger partial charge on any atom is 0.0737 e. The Kier molecular flexibility index (Phi) is 4.04. The van der Waals surface area contributed by atoms with E-state index < -0.39 is 0 Å². The van der Waals surface area contributed by atoms with Crippen molar-refractivity contribution < 1.29 is 0 Å². The fourth-order valence-electron chi connectivity index (χ4n) is 2.31. The maximum absolute atomic E-state index is 6.01. The maximum atomic E-state index is 6.01. The van der Waals surface area contributed by atoms with Gasteiger partial charge in [-0.3, -0.25) is 4.98 Å². The molecule has 2 aromatic carbocycles. The van der Waals surface area contributed by atoms with E-state index in [4.69, 9.17) is 17.3 Å².